The first kappa shape index (κ1) is 14.2. The third kappa shape index (κ3) is 4.51. The molecule has 1 aromatic rings. The Bertz CT molecular complexity index is 282. The predicted octanol–water partition coefficient (Wildman–Crippen LogP) is 0.798. The van der Waals surface area contributed by atoms with E-state index in [0.29, 0.717) is 6.42 Å². The summed E-state index contributed by atoms with van der Waals surface area (Å²) in [6, 6.07) is 4.35. The molecule has 0 amide bonds. The van der Waals surface area contributed by atoms with Gasteiger partial charge in [-0.25, -0.2) is 0 Å². The smallest absolute Gasteiger partial charge is 0.119 e. The van der Waals surface area contributed by atoms with Gasteiger partial charge in [0.2, 0.25) is 0 Å². The van der Waals surface area contributed by atoms with E-state index in [9.17, 15) is 10.2 Å². The molecule has 0 aliphatic heterocycles. The highest BCUT2D eigenvalue weighted by atomic mass is 79.9. The molecule has 86 valence electrons. The summed E-state index contributed by atoms with van der Waals surface area (Å²) in [6.45, 7) is 0.0208. The Morgan fingerprint density at radius 3 is 2.13 bits per heavy atom. The molecule has 0 heterocycles. The molecule has 5 heteroatoms. The van der Waals surface area contributed by atoms with Gasteiger partial charge in [-0.15, -0.1) is 17.0 Å². The third-order valence-electron chi connectivity index (χ3n) is 2.07. The topological polar surface area (TPSA) is 72.7 Å². The summed E-state index contributed by atoms with van der Waals surface area (Å²) in [6.07, 6.45) is 0.564. The van der Waals surface area contributed by atoms with Gasteiger partial charge in [-0.3, -0.25) is 0 Å². The molecule has 0 aliphatic carbocycles. The summed E-state index contributed by atoms with van der Waals surface area (Å²) in [5, 5.41) is 30.3. The first-order chi connectivity index (χ1) is 6.65. The molecule has 1 unspecified atom stereocenters. The average molecular weight is 278 g/mol. The van der Waals surface area contributed by atoms with Gasteiger partial charge in [0.25, 0.3) is 0 Å². The van der Waals surface area contributed by atoms with E-state index in [4.69, 9.17) is 5.11 Å². The molecular formula is C10H16BrNO3. The van der Waals surface area contributed by atoms with E-state index in [-0.39, 0.29) is 41.1 Å². The van der Waals surface area contributed by atoms with Gasteiger partial charge in [0.05, 0.1) is 6.61 Å². The Labute approximate surface area is 99.3 Å². The molecular weight excluding hydrogens is 262 g/mol. The molecule has 4 N–H and O–H groups in total. The Morgan fingerprint density at radius 2 is 1.73 bits per heavy atom. The quantitative estimate of drug-likeness (QED) is 0.657. The molecule has 0 bridgehead atoms. The highest BCUT2D eigenvalue weighted by Crippen LogP contribution is 2.21. The maximum absolute atomic E-state index is 9.21. The Morgan fingerprint density at radius 1 is 1.20 bits per heavy atom. The van der Waals surface area contributed by atoms with Crippen LogP contribution in [0, 0.1) is 0 Å². The van der Waals surface area contributed by atoms with Gasteiger partial charge in [-0.2, -0.15) is 0 Å². The number of aliphatic hydroxyl groups excluding tert-OH is 1. The van der Waals surface area contributed by atoms with Crippen LogP contribution in [0.5, 0.6) is 11.5 Å². The standard InChI is InChI=1S/C10H15NO3.BrH/c1-11-8(6-12)2-7-3-9(13)5-10(14)4-7;/h3-5,8,11-14H,2,6H2,1H3;1H. The zero-order chi connectivity index (χ0) is 10.6. The number of halogens is 1. The molecule has 0 saturated heterocycles. The van der Waals surface area contributed by atoms with Crippen molar-refractivity contribution in [3.05, 3.63) is 23.8 Å². The van der Waals surface area contributed by atoms with Crippen LogP contribution in [0.2, 0.25) is 0 Å². The number of hydrogen-bond acceptors (Lipinski definition) is 4. The molecule has 0 radical (unpaired) electrons. The summed E-state index contributed by atoms with van der Waals surface area (Å²) in [5.74, 6) is 0.0700. The van der Waals surface area contributed by atoms with Crippen molar-refractivity contribution in [2.24, 2.45) is 0 Å². The maximum atomic E-state index is 9.21. The number of aromatic hydroxyl groups is 2. The van der Waals surface area contributed by atoms with Crippen LogP contribution in [-0.4, -0.2) is 35.0 Å². The average Bonchev–Trinajstić information content (AvgIpc) is 2.12. The molecule has 0 saturated carbocycles. The van der Waals surface area contributed by atoms with Crippen molar-refractivity contribution in [3.8, 4) is 11.5 Å². The number of nitrogens with one attached hydrogen (secondary N) is 1. The lowest BCUT2D eigenvalue weighted by Gasteiger charge is -2.13. The molecule has 0 aromatic heterocycles. The molecule has 15 heavy (non-hydrogen) atoms. The summed E-state index contributed by atoms with van der Waals surface area (Å²) < 4.78 is 0. The molecule has 1 rings (SSSR count). The van der Waals surface area contributed by atoms with E-state index in [1.54, 1.807) is 19.2 Å². The SMILES string of the molecule is Br.CNC(CO)Cc1cc(O)cc(O)c1. The van der Waals surface area contributed by atoms with Crippen molar-refractivity contribution in [1.82, 2.24) is 5.32 Å². The van der Waals surface area contributed by atoms with E-state index in [1.165, 1.54) is 6.07 Å². The monoisotopic (exact) mass is 277 g/mol. The molecule has 1 aromatic carbocycles. The van der Waals surface area contributed by atoms with E-state index in [1.807, 2.05) is 0 Å². The number of aliphatic hydroxyl groups is 1. The first-order valence-electron chi connectivity index (χ1n) is 4.45. The third-order valence-corrected chi connectivity index (χ3v) is 2.07. The van der Waals surface area contributed by atoms with E-state index in [2.05, 4.69) is 5.32 Å². The highest BCUT2D eigenvalue weighted by molar-refractivity contribution is 8.93. The van der Waals surface area contributed by atoms with Gasteiger partial charge >= 0.3 is 0 Å². The maximum Gasteiger partial charge on any atom is 0.119 e. The Balaban J connectivity index is 0.00000196. The highest BCUT2D eigenvalue weighted by Gasteiger charge is 2.07. The number of rotatable bonds is 4. The molecule has 0 fully saturated rings. The van der Waals surface area contributed by atoms with Crippen LogP contribution < -0.4 is 5.32 Å². The van der Waals surface area contributed by atoms with Crippen LogP contribution >= 0.6 is 17.0 Å². The zero-order valence-electron chi connectivity index (χ0n) is 8.47. The molecule has 1 atom stereocenters. The first-order valence-corrected chi connectivity index (χ1v) is 4.45. The Hall–Kier alpha value is -0.780. The number of benzene rings is 1. The fraction of sp³-hybridized carbons (Fsp3) is 0.400. The van der Waals surface area contributed by atoms with Crippen LogP contribution in [0.1, 0.15) is 5.56 Å². The van der Waals surface area contributed by atoms with Gasteiger partial charge in [0.1, 0.15) is 11.5 Å². The van der Waals surface area contributed by atoms with Gasteiger partial charge < -0.3 is 20.6 Å². The molecule has 0 spiro atoms. The number of phenolic OH excluding ortho intramolecular Hbond substituents is 2. The fourth-order valence-corrected chi connectivity index (χ4v) is 1.32. The van der Waals surface area contributed by atoms with Crippen LogP contribution in [0.4, 0.5) is 0 Å². The second kappa shape index (κ2) is 6.66. The summed E-state index contributed by atoms with van der Waals surface area (Å²) in [4.78, 5) is 0. The van der Waals surface area contributed by atoms with Crippen LogP contribution in [0.25, 0.3) is 0 Å². The van der Waals surface area contributed by atoms with Crippen molar-refractivity contribution in [2.45, 2.75) is 12.5 Å². The van der Waals surface area contributed by atoms with Crippen molar-refractivity contribution < 1.29 is 15.3 Å². The lowest BCUT2D eigenvalue weighted by atomic mass is 10.1. The van der Waals surface area contributed by atoms with Gasteiger partial charge in [0.15, 0.2) is 0 Å². The predicted molar refractivity (Wildman–Crippen MR) is 63.7 cm³/mol. The second-order valence-electron chi connectivity index (χ2n) is 3.23. The van der Waals surface area contributed by atoms with Crippen LogP contribution in [0.15, 0.2) is 18.2 Å². The minimum atomic E-state index is -0.0591. The van der Waals surface area contributed by atoms with Crippen LogP contribution in [-0.2, 0) is 6.42 Å². The summed E-state index contributed by atoms with van der Waals surface area (Å²) in [7, 11) is 1.75. The van der Waals surface area contributed by atoms with Crippen molar-refractivity contribution in [2.75, 3.05) is 13.7 Å². The van der Waals surface area contributed by atoms with Crippen molar-refractivity contribution in [1.29, 1.82) is 0 Å². The Kier molecular flexibility index (Phi) is 6.31. The molecule has 0 aliphatic rings. The van der Waals surface area contributed by atoms with E-state index >= 15 is 0 Å². The number of phenols is 2. The van der Waals surface area contributed by atoms with Crippen LogP contribution in [0.3, 0.4) is 0 Å². The molecule has 4 nitrogen and oxygen atoms in total. The van der Waals surface area contributed by atoms with Gasteiger partial charge in [-0.05, 0) is 31.2 Å². The normalized spacial score (nSPS) is 11.9. The number of likely N-dealkylation sites (N-methyl/N-ethyl adjacent to an activating group) is 1. The lowest BCUT2D eigenvalue weighted by Crippen LogP contribution is -2.31. The largest absolute Gasteiger partial charge is 0.508 e. The lowest BCUT2D eigenvalue weighted by molar-refractivity contribution is 0.248. The van der Waals surface area contributed by atoms with E-state index in [0.717, 1.165) is 5.56 Å². The zero-order valence-corrected chi connectivity index (χ0v) is 10.2. The fourth-order valence-electron chi connectivity index (χ4n) is 1.32. The van der Waals surface area contributed by atoms with Gasteiger partial charge in [0, 0.05) is 12.1 Å². The van der Waals surface area contributed by atoms with E-state index < -0.39 is 0 Å². The second-order valence-corrected chi connectivity index (χ2v) is 3.23. The minimum Gasteiger partial charge on any atom is -0.508 e. The minimum absolute atomic E-state index is 0. The summed E-state index contributed by atoms with van der Waals surface area (Å²) >= 11 is 0. The number of hydrogen-bond donors (Lipinski definition) is 4. The van der Waals surface area contributed by atoms with Crippen molar-refractivity contribution >= 4 is 17.0 Å². The van der Waals surface area contributed by atoms with Crippen molar-refractivity contribution in [3.63, 3.8) is 0 Å². The summed E-state index contributed by atoms with van der Waals surface area (Å²) in [5.41, 5.74) is 0.788. The van der Waals surface area contributed by atoms with Gasteiger partial charge in [-0.1, -0.05) is 0 Å².